The van der Waals surface area contributed by atoms with Crippen molar-refractivity contribution < 1.29 is 27.5 Å². The molecule has 32 heavy (non-hydrogen) atoms. The average molecular weight is 461 g/mol. The van der Waals surface area contributed by atoms with Crippen LogP contribution in [0.15, 0.2) is 47.9 Å². The van der Waals surface area contributed by atoms with Gasteiger partial charge in [0.15, 0.2) is 17.5 Å². The van der Waals surface area contributed by atoms with Gasteiger partial charge in [0.2, 0.25) is 11.8 Å². The monoisotopic (exact) mass is 461 g/mol. The maximum atomic E-state index is 13.6. The largest absolute Gasteiger partial charge is 0.487 e. The number of benzene rings is 2. The number of carbonyl (C=O) groups is 2. The molecule has 0 aliphatic rings. The number of anilines is 1. The Morgan fingerprint density at radius 1 is 1.09 bits per heavy atom. The van der Waals surface area contributed by atoms with E-state index in [-0.39, 0.29) is 0 Å². The van der Waals surface area contributed by atoms with Crippen LogP contribution in [-0.4, -0.2) is 23.3 Å². The van der Waals surface area contributed by atoms with Gasteiger partial charge in [0, 0.05) is 11.5 Å². The molecular weight excluding hydrogens is 443 g/mol. The van der Waals surface area contributed by atoms with E-state index in [9.17, 15) is 22.8 Å². The summed E-state index contributed by atoms with van der Waals surface area (Å²) in [6.45, 7) is 1.80. The molecule has 0 saturated heterocycles. The molecule has 166 valence electrons. The predicted octanol–water partition coefficient (Wildman–Crippen LogP) is 4.22. The fourth-order valence-electron chi connectivity index (χ4n) is 2.52. The van der Waals surface area contributed by atoms with Crippen molar-refractivity contribution in [3.63, 3.8) is 0 Å². The van der Waals surface area contributed by atoms with Crippen LogP contribution in [-0.2, 0) is 16.2 Å². The zero-order valence-electron chi connectivity index (χ0n) is 16.8. The number of hydrogen-bond acceptors (Lipinski definition) is 5. The summed E-state index contributed by atoms with van der Waals surface area (Å²) in [4.78, 5) is 28.0. The van der Waals surface area contributed by atoms with Gasteiger partial charge in [-0.15, -0.1) is 11.3 Å². The summed E-state index contributed by atoms with van der Waals surface area (Å²) in [5.41, 5.74) is 1.06. The highest BCUT2D eigenvalue weighted by Crippen LogP contribution is 2.19. The van der Waals surface area contributed by atoms with Gasteiger partial charge in [-0.25, -0.2) is 18.2 Å². The molecule has 0 unspecified atom stereocenters. The third-order valence-electron chi connectivity index (χ3n) is 4.09. The van der Waals surface area contributed by atoms with E-state index in [1.54, 1.807) is 35.6 Å². The molecule has 2 N–H and O–H groups in total. The molecule has 2 amide bonds. The standard InChI is InChI=1S/C22H18F3N3O3S/c1-13-27-15(12-32-13)11-31-16-5-2-14(3-6-16)4-9-19(29)26-10-20(30)28-18-8-7-17(23)21(24)22(18)25/h2-9,12H,10-11H2,1H3,(H,26,29)(H,28,30)/b9-4+. The Hall–Kier alpha value is -3.66. The highest BCUT2D eigenvalue weighted by atomic mass is 32.1. The second-order valence-electron chi connectivity index (χ2n) is 6.54. The maximum absolute atomic E-state index is 13.6. The zero-order chi connectivity index (χ0) is 23.1. The van der Waals surface area contributed by atoms with Crippen LogP contribution in [0.2, 0.25) is 0 Å². The number of thiazole rings is 1. The SMILES string of the molecule is Cc1nc(COc2ccc(/C=C/C(=O)NCC(=O)Nc3ccc(F)c(F)c3F)cc2)cs1. The van der Waals surface area contributed by atoms with Crippen molar-refractivity contribution in [2.75, 3.05) is 11.9 Å². The molecular formula is C22H18F3N3O3S. The Bertz CT molecular complexity index is 1150. The zero-order valence-corrected chi connectivity index (χ0v) is 17.6. The van der Waals surface area contributed by atoms with Crippen LogP contribution in [0.1, 0.15) is 16.3 Å². The molecule has 6 nitrogen and oxygen atoms in total. The first-order chi connectivity index (χ1) is 15.3. The number of amides is 2. The molecule has 0 spiro atoms. The predicted molar refractivity (Wildman–Crippen MR) is 115 cm³/mol. The van der Waals surface area contributed by atoms with Crippen LogP contribution in [0.3, 0.4) is 0 Å². The number of hydrogen-bond donors (Lipinski definition) is 2. The summed E-state index contributed by atoms with van der Waals surface area (Å²) < 4.78 is 45.3. The number of nitrogens with one attached hydrogen (secondary N) is 2. The van der Waals surface area contributed by atoms with Crippen molar-refractivity contribution in [1.29, 1.82) is 0 Å². The molecule has 2 aromatic carbocycles. The molecule has 0 aliphatic carbocycles. The topological polar surface area (TPSA) is 80.3 Å². The Kier molecular flexibility index (Phi) is 7.61. The second kappa shape index (κ2) is 10.6. The number of carbonyl (C=O) groups excluding carboxylic acids is 2. The van der Waals surface area contributed by atoms with Crippen molar-refractivity contribution in [2.24, 2.45) is 0 Å². The quantitative estimate of drug-likeness (QED) is 0.389. The number of rotatable bonds is 8. The summed E-state index contributed by atoms with van der Waals surface area (Å²) >= 11 is 1.55. The highest BCUT2D eigenvalue weighted by Gasteiger charge is 2.15. The van der Waals surface area contributed by atoms with E-state index < -0.39 is 41.5 Å². The summed E-state index contributed by atoms with van der Waals surface area (Å²) in [6, 6.07) is 8.58. The molecule has 0 radical (unpaired) electrons. The Morgan fingerprint density at radius 3 is 2.53 bits per heavy atom. The van der Waals surface area contributed by atoms with Gasteiger partial charge in [-0.2, -0.15) is 0 Å². The van der Waals surface area contributed by atoms with E-state index in [0.29, 0.717) is 18.4 Å². The fourth-order valence-corrected chi connectivity index (χ4v) is 3.12. The van der Waals surface area contributed by atoms with Gasteiger partial charge < -0.3 is 15.4 Å². The van der Waals surface area contributed by atoms with Crippen molar-refractivity contribution in [3.05, 3.63) is 81.6 Å². The summed E-state index contributed by atoms with van der Waals surface area (Å²) in [5, 5.41) is 7.27. The summed E-state index contributed by atoms with van der Waals surface area (Å²) in [7, 11) is 0. The van der Waals surface area contributed by atoms with Crippen molar-refractivity contribution >= 4 is 34.9 Å². The lowest BCUT2D eigenvalue weighted by Crippen LogP contribution is -2.32. The summed E-state index contributed by atoms with van der Waals surface area (Å²) in [6.07, 6.45) is 2.76. The molecule has 3 rings (SSSR count). The third-order valence-corrected chi connectivity index (χ3v) is 4.92. The number of aromatic nitrogens is 1. The molecule has 10 heteroatoms. The van der Waals surface area contributed by atoms with E-state index in [4.69, 9.17) is 4.74 Å². The first-order valence-electron chi connectivity index (χ1n) is 9.35. The van der Waals surface area contributed by atoms with Gasteiger partial charge in [-0.05, 0) is 42.8 Å². The smallest absolute Gasteiger partial charge is 0.244 e. The van der Waals surface area contributed by atoms with E-state index >= 15 is 0 Å². The van der Waals surface area contributed by atoms with Crippen LogP contribution in [0.5, 0.6) is 5.75 Å². The van der Waals surface area contributed by atoms with Crippen LogP contribution in [0.25, 0.3) is 6.08 Å². The van der Waals surface area contributed by atoms with Crippen LogP contribution >= 0.6 is 11.3 Å². The van der Waals surface area contributed by atoms with Gasteiger partial charge in [0.1, 0.15) is 12.4 Å². The minimum Gasteiger partial charge on any atom is -0.487 e. The molecule has 3 aromatic rings. The average Bonchev–Trinajstić information content (AvgIpc) is 3.21. The lowest BCUT2D eigenvalue weighted by molar-refractivity contribution is -0.121. The van der Waals surface area contributed by atoms with Gasteiger partial charge in [-0.3, -0.25) is 9.59 Å². The van der Waals surface area contributed by atoms with Crippen LogP contribution in [0.4, 0.5) is 18.9 Å². The van der Waals surface area contributed by atoms with Crippen molar-refractivity contribution in [2.45, 2.75) is 13.5 Å². The van der Waals surface area contributed by atoms with Gasteiger partial charge in [0.25, 0.3) is 0 Å². The number of aryl methyl sites for hydroxylation is 1. The van der Waals surface area contributed by atoms with Crippen LogP contribution in [0, 0.1) is 24.4 Å². The van der Waals surface area contributed by atoms with Crippen molar-refractivity contribution in [3.8, 4) is 5.75 Å². The molecule has 0 bridgehead atoms. The van der Waals surface area contributed by atoms with E-state index in [1.807, 2.05) is 12.3 Å². The van der Waals surface area contributed by atoms with E-state index in [1.165, 1.54) is 12.2 Å². The minimum atomic E-state index is -1.69. The highest BCUT2D eigenvalue weighted by molar-refractivity contribution is 7.09. The first kappa shape index (κ1) is 23.0. The Balaban J connectivity index is 1.44. The molecule has 0 fully saturated rings. The van der Waals surface area contributed by atoms with Gasteiger partial charge in [0.05, 0.1) is 22.9 Å². The van der Waals surface area contributed by atoms with Gasteiger partial charge in [-0.1, -0.05) is 12.1 Å². The number of nitrogens with zero attached hydrogens (tertiary/aromatic N) is 1. The first-order valence-corrected chi connectivity index (χ1v) is 10.2. The number of halogens is 3. The second-order valence-corrected chi connectivity index (χ2v) is 7.60. The third kappa shape index (κ3) is 6.42. The minimum absolute atomic E-state index is 0.360. The fraction of sp³-hybridized carbons (Fsp3) is 0.136. The molecule has 0 aliphatic heterocycles. The van der Waals surface area contributed by atoms with E-state index in [2.05, 4.69) is 15.6 Å². The molecule has 1 heterocycles. The van der Waals surface area contributed by atoms with Crippen molar-refractivity contribution in [1.82, 2.24) is 10.3 Å². The number of ether oxygens (including phenoxy) is 1. The molecule has 0 atom stereocenters. The molecule has 0 saturated carbocycles. The Labute approximate surface area is 185 Å². The lowest BCUT2D eigenvalue weighted by atomic mass is 10.2. The molecule has 1 aromatic heterocycles. The van der Waals surface area contributed by atoms with Gasteiger partial charge >= 0.3 is 0 Å². The lowest BCUT2D eigenvalue weighted by Gasteiger charge is -2.07. The van der Waals surface area contributed by atoms with E-state index in [0.717, 1.165) is 22.3 Å². The normalized spacial score (nSPS) is 10.9. The Morgan fingerprint density at radius 2 is 1.84 bits per heavy atom. The summed E-state index contributed by atoms with van der Waals surface area (Å²) in [5.74, 6) is -5.28. The maximum Gasteiger partial charge on any atom is 0.244 e. The van der Waals surface area contributed by atoms with Crippen LogP contribution < -0.4 is 15.4 Å².